The third-order valence-electron chi connectivity index (χ3n) is 4.32. The quantitative estimate of drug-likeness (QED) is 0.645. The molecule has 28 heavy (non-hydrogen) atoms. The summed E-state index contributed by atoms with van der Waals surface area (Å²) in [4.78, 5) is 10.0. The van der Waals surface area contributed by atoms with Crippen molar-refractivity contribution in [3.8, 4) is 11.7 Å². The maximum atomic E-state index is 13.5. The Morgan fingerprint density at radius 1 is 1.18 bits per heavy atom. The van der Waals surface area contributed by atoms with E-state index in [2.05, 4.69) is 20.3 Å². The minimum atomic E-state index is -2.94. The summed E-state index contributed by atoms with van der Waals surface area (Å²) in [6, 6.07) is 6.08. The zero-order chi connectivity index (χ0) is 19.7. The molecular formula is C18H17F3N6O. The minimum absolute atomic E-state index is 0.0687. The maximum Gasteiger partial charge on any atom is 0.316 e. The molecule has 0 saturated carbocycles. The topological polar surface area (TPSA) is 69.0 Å². The third kappa shape index (κ3) is 3.90. The Labute approximate surface area is 158 Å². The molecule has 2 aromatic heterocycles. The molecule has 1 aliphatic heterocycles. The molecule has 0 amide bonds. The first-order valence-electron chi connectivity index (χ1n) is 8.62. The summed E-state index contributed by atoms with van der Waals surface area (Å²) < 4.78 is 46.7. The van der Waals surface area contributed by atoms with Crippen LogP contribution in [0.5, 0.6) is 6.01 Å². The normalized spacial score (nSPS) is 14.8. The van der Waals surface area contributed by atoms with Gasteiger partial charge in [0.25, 0.3) is 5.92 Å². The standard InChI is InChI=1S/C18H17F3N6O/c1-18(20,21)12-3-2-4-15(5-12)27-10-14(24-25-27)11-28-17-22-6-16(7-23-17)26-8-13(19)9-26/h2-7,10,13H,8-9,11H2,1H3. The molecule has 3 aromatic rings. The van der Waals surface area contributed by atoms with Crippen LogP contribution in [0.25, 0.3) is 5.69 Å². The fourth-order valence-electron chi connectivity index (χ4n) is 2.73. The van der Waals surface area contributed by atoms with Crippen molar-refractivity contribution >= 4 is 5.69 Å². The lowest BCUT2D eigenvalue weighted by Gasteiger charge is -2.35. The molecule has 0 bridgehead atoms. The van der Waals surface area contributed by atoms with Gasteiger partial charge in [0.15, 0.2) is 0 Å². The summed E-state index contributed by atoms with van der Waals surface area (Å²) in [5.41, 5.74) is 1.59. The highest BCUT2D eigenvalue weighted by Gasteiger charge is 2.27. The molecule has 0 radical (unpaired) electrons. The van der Waals surface area contributed by atoms with Crippen molar-refractivity contribution in [2.75, 3.05) is 18.0 Å². The first-order valence-corrected chi connectivity index (χ1v) is 8.62. The molecule has 4 rings (SSSR count). The Kier molecular flexibility index (Phi) is 4.62. The number of hydrogen-bond acceptors (Lipinski definition) is 6. The second-order valence-corrected chi connectivity index (χ2v) is 6.61. The van der Waals surface area contributed by atoms with Crippen molar-refractivity contribution in [2.24, 2.45) is 0 Å². The van der Waals surface area contributed by atoms with Gasteiger partial charge < -0.3 is 9.64 Å². The van der Waals surface area contributed by atoms with Gasteiger partial charge in [0.2, 0.25) is 0 Å². The zero-order valence-electron chi connectivity index (χ0n) is 15.0. The molecule has 0 atom stereocenters. The Bertz CT molecular complexity index is 950. The van der Waals surface area contributed by atoms with Crippen LogP contribution in [0, 0.1) is 0 Å². The van der Waals surface area contributed by atoms with E-state index in [9.17, 15) is 13.2 Å². The molecule has 1 aromatic carbocycles. The van der Waals surface area contributed by atoms with Crippen LogP contribution < -0.4 is 9.64 Å². The Balaban J connectivity index is 1.39. The fourth-order valence-corrected chi connectivity index (χ4v) is 2.73. The van der Waals surface area contributed by atoms with Gasteiger partial charge in [0.05, 0.1) is 43.1 Å². The first-order chi connectivity index (χ1) is 13.4. The van der Waals surface area contributed by atoms with Crippen molar-refractivity contribution in [3.63, 3.8) is 0 Å². The number of rotatable bonds is 6. The fraction of sp³-hybridized carbons (Fsp3) is 0.333. The van der Waals surface area contributed by atoms with E-state index in [0.29, 0.717) is 24.5 Å². The lowest BCUT2D eigenvalue weighted by molar-refractivity contribution is 0.0174. The van der Waals surface area contributed by atoms with Crippen molar-refractivity contribution in [3.05, 3.63) is 54.1 Å². The molecule has 0 unspecified atom stereocenters. The molecule has 7 nitrogen and oxygen atoms in total. The van der Waals surface area contributed by atoms with Crippen LogP contribution in [-0.2, 0) is 12.5 Å². The molecule has 1 aliphatic rings. The molecule has 0 spiro atoms. The summed E-state index contributed by atoms with van der Waals surface area (Å²) in [5, 5.41) is 7.91. The molecule has 0 aliphatic carbocycles. The van der Waals surface area contributed by atoms with Crippen LogP contribution in [0.15, 0.2) is 42.9 Å². The molecule has 146 valence electrons. The second kappa shape index (κ2) is 7.10. The average molecular weight is 390 g/mol. The number of benzene rings is 1. The van der Waals surface area contributed by atoms with Gasteiger partial charge in [-0.15, -0.1) is 5.10 Å². The van der Waals surface area contributed by atoms with Crippen molar-refractivity contribution < 1.29 is 17.9 Å². The molecular weight excluding hydrogens is 373 g/mol. The maximum absolute atomic E-state index is 13.5. The van der Waals surface area contributed by atoms with Crippen LogP contribution in [0.2, 0.25) is 0 Å². The summed E-state index contributed by atoms with van der Waals surface area (Å²) in [6.45, 7) is 1.60. The number of halogens is 3. The number of hydrogen-bond donors (Lipinski definition) is 0. The Hall–Kier alpha value is -3.17. The SMILES string of the molecule is CC(F)(F)c1cccc(-n2cc(COc3ncc(N4CC(F)C4)cn3)nn2)c1. The van der Waals surface area contributed by atoms with Crippen LogP contribution in [0.4, 0.5) is 18.9 Å². The first kappa shape index (κ1) is 18.2. The summed E-state index contributed by atoms with van der Waals surface area (Å²) in [6.07, 6.45) is 3.92. The van der Waals surface area contributed by atoms with Crippen LogP contribution in [0.3, 0.4) is 0 Å². The van der Waals surface area contributed by atoms with Crippen LogP contribution in [0.1, 0.15) is 18.2 Å². The van der Waals surface area contributed by atoms with E-state index in [0.717, 1.165) is 12.6 Å². The van der Waals surface area contributed by atoms with Crippen molar-refractivity contribution in [1.82, 2.24) is 25.0 Å². The van der Waals surface area contributed by atoms with E-state index < -0.39 is 12.1 Å². The Morgan fingerprint density at radius 3 is 2.61 bits per heavy atom. The van der Waals surface area contributed by atoms with Crippen LogP contribution in [-0.4, -0.2) is 44.2 Å². The largest absolute Gasteiger partial charge is 0.457 e. The second-order valence-electron chi connectivity index (χ2n) is 6.61. The van der Waals surface area contributed by atoms with Gasteiger partial charge in [-0.05, 0) is 12.1 Å². The van der Waals surface area contributed by atoms with E-state index >= 15 is 0 Å². The lowest BCUT2D eigenvalue weighted by atomic mass is 10.1. The molecule has 1 fully saturated rings. The zero-order valence-corrected chi connectivity index (χ0v) is 15.0. The van der Waals surface area contributed by atoms with E-state index in [1.54, 1.807) is 30.7 Å². The van der Waals surface area contributed by atoms with Gasteiger partial charge >= 0.3 is 6.01 Å². The van der Waals surface area contributed by atoms with Crippen molar-refractivity contribution in [2.45, 2.75) is 25.6 Å². The molecule has 0 N–H and O–H groups in total. The molecule has 3 heterocycles. The predicted molar refractivity (Wildman–Crippen MR) is 94.4 cm³/mol. The molecule has 1 saturated heterocycles. The highest BCUT2D eigenvalue weighted by Crippen LogP contribution is 2.28. The number of ether oxygens (including phenoxy) is 1. The summed E-state index contributed by atoms with van der Waals surface area (Å²) >= 11 is 0. The van der Waals surface area contributed by atoms with E-state index in [1.807, 2.05) is 4.90 Å². The van der Waals surface area contributed by atoms with E-state index in [1.165, 1.54) is 16.8 Å². The summed E-state index contributed by atoms with van der Waals surface area (Å²) in [7, 11) is 0. The van der Waals surface area contributed by atoms with Crippen LogP contribution >= 0.6 is 0 Å². The number of alkyl halides is 3. The highest BCUT2D eigenvalue weighted by atomic mass is 19.3. The molecule has 10 heteroatoms. The predicted octanol–water partition coefficient (Wildman–Crippen LogP) is 2.91. The highest BCUT2D eigenvalue weighted by molar-refractivity contribution is 5.45. The average Bonchev–Trinajstić information content (AvgIpc) is 3.13. The van der Waals surface area contributed by atoms with Gasteiger partial charge in [-0.1, -0.05) is 17.3 Å². The minimum Gasteiger partial charge on any atom is -0.457 e. The monoisotopic (exact) mass is 390 g/mol. The van der Waals surface area contributed by atoms with Gasteiger partial charge in [-0.3, -0.25) is 0 Å². The van der Waals surface area contributed by atoms with Gasteiger partial charge in [0.1, 0.15) is 18.5 Å². The van der Waals surface area contributed by atoms with Crippen molar-refractivity contribution in [1.29, 1.82) is 0 Å². The van der Waals surface area contributed by atoms with Gasteiger partial charge in [0, 0.05) is 12.5 Å². The Morgan fingerprint density at radius 2 is 1.93 bits per heavy atom. The van der Waals surface area contributed by atoms with E-state index in [-0.39, 0.29) is 18.2 Å². The number of anilines is 1. The van der Waals surface area contributed by atoms with E-state index in [4.69, 9.17) is 4.74 Å². The summed E-state index contributed by atoms with van der Waals surface area (Å²) in [5.74, 6) is -2.94. The smallest absolute Gasteiger partial charge is 0.316 e. The van der Waals surface area contributed by atoms with Gasteiger partial charge in [-0.25, -0.2) is 27.8 Å². The number of aromatic nitrogens is 5. The third-order valence-corrected chi connectivity index (χ3v) is 4.32. The number of nitrogens with zero attached hydrogens (tertiary/aromatic N) is 6. The lowest BCUT2D eigenvalue weighted by Crippen LogP contribution is -2.48. The van der Waals surface area contributed by atoms with Gasteiger partial charge in [-0.2, -0.15) is 0 Å².